The molecular formula is C29H32BrNO5. The van der Waals surface area contributed by atoms with Crippen LogP contribution in [0.4, 0.5) is 0 Å². The number of rotatable bonds is 6. The monoisotopic (exact) mass is 553 g/mol. The minimum absolute atomic E-state index is 0.0396. The zero-order valence-electron chi connectivity index (χ0n) is 20.6. The highest BCUT2D eigenvalue weighted by Gasteiger charge is 2.43. The van der Waals surface area contributed by atoms with Gasteiger partial charge in [0.1, 0.15) is 17.9 Å². The SMILES string of the molecule is Cc1c(CCC(=O)N2CC[C@@]3(O)CCCC[C@H]3C2)c(=O)oc2cc(OCc3cccc(Br)c3)ccc12. The van der Waals surface area contributed by atoms with Gasteiger partial charge < -0.3 is 19.2 Å². The zero-order chi connectivity index (χ0) is 25.3. The second-order valence-electron chi connectivity index (χ2n) is 10.2. The van der Waals surface area contributed by atoms with Gasteiger partial charge in [-0.15, -0.1) is 0 Å². The molecule has 1 saturated heterocycles. The lowest BCUT2D eigenvalue weighted by Gasteiger charge is -2.47. The third-order valence-corrected chi connectivity index (χ3v) is 8.42. The van der Waals surface area contributed by atoms with E-state index in [1.807, 2.05) is 48.2 Å². The largest absolute Gasteiger partial charge is 0.489 e. The number of hydrogen-bond donors (Lipinski definition) is 1. The Morgan fingerprint density at radius 2 is 2.08 bits per heavy atom. The summed E-state index contributed by atoms with van der Waals surface area (Å²) < 4.78 is 12.5. The minimum atomic E-state index is -0.606. The maximum atomic E-state index is 13.0. The number of aliphatic hydroxyl groups is 1. The van der Waals surface area contributed by atoms with Gasteiger partial charge in [0.15, 0.2) is 0 Å². The van der Waals surface area contributed by atoms with Gasteiger partial charge in [0.05, 0.1) is 5.60 Å². The van der Waals surface area contributed by atoms with Gasteiger partial charge in [-0.25, -0.2) is 4.79 Å². The van der Waals surface area contributed by atoms with E-state index in [9.17, 15) is 14.7 Å². The summed E-state index contributed by atoms with van der Waals surface area (Å²) in [6.45, 7) is 3.51. The van der Waals surface area contributed by atoms with Crippen LogP contribution < -0.4 is 10.4 Å². The van der Waals surface area contributed by atoms with E-state index >= 15 is 0 Å². The lowest BCUT2D eigenvalue weighted by Crippen LogP contribution is -2.54. The first-order chi connectivity index (χ1) is 17.3. The quantitative estimate of drug-likeness (QED) is 0.406. The summed E-state index contributed by atoms with van der Waals surface area (Å²) in [5.41, 5.74) is 1.89. The Hall–Kier alpha value is -2.64. The standard InChI is InChI=1S/C29H32BrNO5/c1-19-24-9-8-23(35-18-20-5-4-7-22(30)15-20)16-26(24)36-28(33)25(19)10-11-27(32)31-14-13-29(34)12-3-2-6-21(29)17-31/h4-5,7-9,15-16,21,34H,2-3,6,10-14,17-18H2,1H3/t21-,29-/m0/s1. The number of carbonyl (C=O) groups excluding carboxylic acids is 1. The van der Waals surface area contributed by atoms with Crippen molar-refractivity contribution >= 4 is 32.8 Å². The summed E-state index contributed by atoms with van der Waals surface area (Å²) in [7, 11) is 0. The molecular weight excluding hydrogens is 522 g/mol. The summed E-state index contributed by atoms with van der Waals surface area (Å²) in [6, 6.07) is 13.4. The van der Waals surface area contributed by atoms with Crippen molar-refractivity contribution in [3.8, 4) is 5.75 Å². The van der Waals surface area contributed by atoms with Crippen molar-refractivity contribution in [3.05, 3.63) is 74.0 Å². The van der Waals surface area contributed by atoms with Crippen LogP contribution in [0.15, 0.2) is 56.1 Å². The fraction of sp³-hybridized carbons (Fsp3) is 0.448. The third-order valence-electron chi connectivity index (χ3n) is 7.92. The Balaban J connectivity index is 1.25. The molecule has 0 bridgehead atoms. The third kappa shape index (κ3) is 5.23. The topological polar surface area (TPSA) is 80.0 Å². The fourth-order valence-electron chi connectivity index (χ4n) is 5.73. The molecule has 1 aliphatic carbocycles. The second kappa shape index (κ2) is 10.4. The maximum absolute atomic E-state index is 13.0. The number of amides is 1. The number of nitrogens with zero attached hydrogens (tertiary/aromatic N) is 1. The molecule has 0 radical (unpaired) electrons. The Kier molecular flexibility index (Phi) is 7.22. The summed E-state index contributed by atoms with van der Waals surface area (Å²) in [5, 5.41) is 11.7. The smallest absolute Gasteiger partial charge is 0.339 e. The molecule has 0 spiro atoms. The Morgan fingerprint density at radius 1 is 1.22 bits per heavy atom. The van der Waals surface area contributed by atoms with Crippen LogP contribution in [-0.4, -0.2) is 34.6 Å². The minimum Gasteiger partial charge on any atom is -0.489 e. The van der Waals surface area contributed by atoms with E-state index in [-0.39, 0.29) is 18.2 Å². The molecule has 2 aromatic carbocycles. The second-order valence-corrected chi connectivity index (χ2v) is 11.1. The Bertz CT molecular complexity index is 1330. The molecule has 2 heterocycles. The predicted octanol–water partition coefficient (Wildman–Crippen LogP) is 5.53. The summed E-state index contributed by atoms with van der Waals surface area (Å²) in [4.78, 5) is 27.7. The first kappa shape index (κ1) is 25.0. The number of benzene rings is 2. The van der Waals surface area contributed by atoms with Crippen molar-refractivity contribution < 1.29 is 19.1 Å². The molecule has 1 saturated carbocycles. The molecule has 1 aliphatic heterocycles. The number of carbonyl (C=O) groups is 1. The molecule has 3 aromatic rings. The summed E-state index contributed by atoms with van der Waals surface area (Å²) in [5.74, 6) is 0.829. The highest BCUT2D eigenvalue weighted by molar-refractivity contribution is 9.10. The van der Waals surface area contributed by atoms with Crippen LogP contribution in [0.3, 0.4) is 0 Å². The highest BCUT2D eigenvalue weighted by atomic mass is 79.9. The van der Waals surface area contributed by atoms with Crippen LogP contribution in [0.25, 0.3) is 11.0 Å². The van der Waals surface area contributed by atoms with Crippen molar-refractivity contribution in [1.82, 2.24) is 4.90 Å². The lowest BCUT2D eigenvalue weighted by atomic mass is 9.71. The van der Waals surface area contributed by atoms with E-state index in [0.717, 1.165) is 46.7 Å². The van der Waals surface area contributed by atoms with Crippen LogP contribution in [0.2, 0.25) is 0 Å². The highest BCUT2D eigenvalue weighted by Crippen LogP contribution is 2.40. The molecule has 2 atom stereocenters. The molecule has 5 rings (SSSR count). The van der Waals surface area contributed by atoms with Crippen molar-refractivity contribution in [3.63, 3.8) is 0 Å². The molecule has 6 nitrogen and oxygen atoms in total. The Morgan fingerprint density at radius 3 is 2.92 bits per heavy atom. The average molecular weight is 554 g/mol. The number of hydrogen-bond acceptors (Lipinski definition) is 5. The normalized spacial score (nSPS) is 21.9. The first-order valence-electron chi connectivity index (χ1n) is 12.8. The van der Waals surface area contributed by atoms with Gasteiger partial charge in [-0.1, -0.05) is 40.9 Å². The van der Waals surface area contributed by atoms with Gasteiger partial charge in [-0.2, -0.15) is 0 Å². The zero-order valence-corrected chi connectivity index (χ0v) is 22.2. The van der Waals surface area contributed by atoms with Crippen molar-refractivity contribution in [2.45, 2.75) is 64.1 Å². The van der Waals surface area contributed by atoms with E-state index in [4.69, 9.17) is 9.15 Å². The van der Waals surface area contributed by atoms with E-state index in [0.29, 0.717) is 49.4 Å². The van der Waals surface area contributed by atoms with Crippen molar-refractivity contribution in [2.24, 2.45) is 5.92 Å². The molecule has 0 unspecified atom stereocenters. The number of ether oxygens (including phenoxy) is 1. The van der Waals surface area contributed by atoms with Crippen LogP contribution in [0, 0.1) is 12.8 Å². The predicted molar refractivity (Wildman–Crippen MR) is 142 cm³/mol. The fourth-order valence-corrected chi connectivity index (χ4v) is 6.18. The van der Waals surface area contributed by atoms with Crippen LogP contribution in [0.1, 0.15) is 55.2 Å². The van der Waals surface area contributed by atoms with Crippen molar-refractivity contribution in [2.75, 3.05) is 13.1 Å². The molecule has 1 N–H and O–H groups in total. The molecule has 190 valence electrons. The number of fused-ring (bicyclic) bond motifs is 2. The number of likely N-dealkylation sites (tertiary alicyclic amines) is 1. The van der Waals surface area contributed by atoms with Gasteiger partial charge in [-0.3, -0.25) is 4.79 Å². The first-order valence-corrected chi connectivity index (χ1v) is 13.6. The van der Waals surface area contributed by atoms with E-state index in [1.54, 1.807) is 6.07 Å². The van der Waals surface area contributed by atoms with Crippen LogP contribution in [0.5, 0.6) is 5.75 Å². The number of halogens is 1. The van der Waals surface area contributed by atoms with E-state index in [2.05, 4.69) is 15.9 Å². The van der Waals surface area contributed by atoms with E-state index < -0.39 is 11.2 Å². The molecule has 1 amide bonds. The van der Waals surface area contributed by atoms with Crippen LogP contribution >= 0.6 is 15.9 Å². The molecule has 36 heavy (non-hydrogen) atoms. The molecule has 2 fully saturated rings. The summed E-state index contributed by atoms with van der Waals surface area (Å²) >= 11 is 3.46. The number of piperidine rings is 1. The number of aryl methyl sites for hydroxylation is 1. The van der Waals surface area contributed by atoms with Crippen LogP contribution in [-0.2, 0) is 17.8 Å². The maximum Gasteiger partial charge on any atom is 0.339 e. The molecule has 7 heteroatoms. The summed E-state index contributed by atoms with van der Waals surface area (Å²) in [6.07, 6.45) is 5.24. The molecule has 2 aliphatic rings. The lowest BCUT2D eigenvalue weighted by molar-refractivity contribution is -0.143. The van der Waals surface area contributed by atoms with Gasteiger partial charge >= 0.3 is 5.63 Å². The van der Waals surface area contributed by atoms with Gasteiger partial charge in [-0.05, 0) is 68.0 Å². The van der Waals surface area contributed by atoms with Gasteiger partial charge in [0.25, 0.3) is 0 Å². The average Bonchev–Trinajstić information content (AvgIpc) is 2.86. The van der Waals surface area contributed by atoms with Gasteiger partial charge in [0, 0.05) is 46.9 Å². The van der Waals surface area contributed by atoms with Gasteiger partial charge in [0.2, 0.25) is 5.91 Å². The van der Waals surface area contributed by atoms with Crippen molar-refractivity contribution in [1.29, 1.82) is 0 Å². The molecule has 1 aromatic heterocycles. The Labute approximate surface area is 219 Å². The van der Waals surface area contributed by atoms with E-state index in [1.165, 1.54) is 0 Å².